The first kappa shape index (κ1) is 17.7. The Morgan fingerprint density at radius 3 is 2.04 bits per heavy atom. The van der Waals surface area contributed by atoms with Gasteiger partial charge in [-0.2, -0.15) is 0 Å². The van der Waals surface area contributed by atoms with Crippen molar-refractivity contribution in [1.82, 2.24) is 4.98 Å². The van der Waals surface area contributed by atoms with Crippen LogP contribution < -0.4 is 14.4 Å². The van der Waals surface area contributed by atoms with E-state index in [0.717, 1.165) is 16.9 Å². The van der Waals surface area contributed by atoms with E-state index in [4.69, 9.17) is 13.9 Å². The van der Waals surface area contributed by atoms with E-state index >= 15 is 0 Å². The van der Waals surface area contributed by atoms with Gasteiger partial charge >= 0.3 is 0 Å². The molecule has 136 valence electrons. The monoisotopic (exact) mass is 354 g/mol. The van der Waals surface area contributed by atoms with Crippen LogP contribution in [0.25, 0.3) is 22.7 Å². The number of anilines is 1. The number of hydrogen-bond acceptors (Lipinski definition) is 6. The summed E-state index contributed by atoms with van der Waals surface area (Å²) in [6, 6.07) is 11.4. The first-order chi connectivity index (χ1) is 12.4. The number of phenols is 1. The second-order valence-corrected chi connectivity index (χ2v) is 6.09. The Balaban J connectivity index is 2.03. The molecule has 0 amide bonds. The fourth-order valence-electron chi connectivity index (χ4n) is 2.72. The van der Waals surface area contributed by atoms with Crippen LogP contribution in [-0.2, 0) is 0 Å². The van der Waals surface area contributed by atoms with Crippen LogP contribution in [0, 0.1) is 6.92 Å². The highest BCUT2D eigenvalue weighted by Crippen LogP contribution is 2.41. The Morgan fingerprint density at radius 2 is 1.54 bits per heavy atom. The maximum absolute atomic E-state index is 10.1. The Morgan fingerprint density at radius 1 is 0.962 bits per heavy atom. The van der Waals surface area contributed by atoms with Crippen LogP contribution in [0.5, 0.6) is 17.2 Å². The van der Waals surface area contributed by atoms with Crippen LogP contribution in [0.2, 0.25) is 0 Å². The van der Waals surface area contributed by atoms with Crippen molar-refractivity contribution >= 4 is 5.69 Å². The SMILES string of the molecule is COc1cc(-c2nc(-c3ccc(N(C)C)cc3)c(C)o2)cc(OC)c1O. The van der Waals surface area contributed by atoms with Gasteiger partial charge in [0.05, 0.1) is 14.2 Å². The summed E-state index contributed by atoms with van der Waals surface area (Å²) in [6.45, 7) is 1.88. The number of aromatic hydroxyl groups is 1. The van der Waals surface area contributed by atoms with Gasteiger partial charge in [-0.15, -0.1) is 0 Å². The quantitative estimate of drug-likeness (QED) is 0.744. The molecule has 0 atom stereocenters. The van der Waals surface area contributed by atoms with Crippen molar-refractivity contribution in [3.8, 4) is 40.0 Å². The van der Waals surface area contributed by atoms with Crippen molar-refractivity contribution < 1.29 is 19.0 Å². The zero-order valence-electron chi connectivity index (χ0n) is 15.5. The highest BCUT2D eigenvalue weighted by atomic mass is 16.5. The van der Waals surface area contributed by atoms with Gasteiger partial charge in [0.1, 0.15) is 11.5 Å². The first-order valence-corrected chi connectivity index (χ1v) is 8.15. The van der Waals surface area contributed by atoms with E-state index < -0.39 is 0 Å². The van der Waals surface area contributed by atoms with E-state index in [2.05, 4.69) is 4.98 Å². The maximum atomic E-state index is 10.1. The predicted octanol–water partition coefficient (Wildman–Crippen LogP) is 4.11. The van der Waals surface area contributed by atoms with Gasteiger partial charge in [-0.25, -0.2) is 4.98 Å². The third-order valence-electron chi connectivity index (χ3n) is 4.18. The molecule has 0 aliphatic rings. The molecule has 0 aliphatic carbocycles. The molecule has 3 rings (SSSR count). The third-order valence-corrected chi connectivity index (χ3v) is 4.18. The minimum Gasteiger partial charge on any atom is -0.502 e. The molecule has 1 heterocycles. The molecule has 0 unspecified atom stereocenters. The molecule has 3 aromatic rings. The number of ether oxygens (including phenoxy) is 2. The molecule has 6 heteroatoms. The van der Waals surface area contributed by atoms with Gasteiger partial charge in [0.15, 0.2) is 11.5 Å². The molecule has 0 radical (unpaired) electrons. The van der Waals surface area contributed by atoms with Crippen LogP contribution in [0.1, 0.15) is 5.76 Å². The summed E-state index contributed by atoms with van der Waals surface area (Å²) in [5.41, 5.74) is 3.52. The number of rotatable bonds is 5. The van der Waals surface area contributed by atoms with Crippen molar-refractivity contribution in [2.45, 2.75) is 6.92 Å². The minimum absolute atomic E-state index is 0.0541. The molecule has 0 aliphatic heterocycles. The number of benzene rings is 2. The molecule has 0 bridgehead atoms. The molecule has 26 heavy (non-hydrogen) atoms. The summed E-state index contributed by atoms with van der Waals surface area (Å²) in [5, 5.41) is 10.1. The highest BCUT2D eigenvalue weighted by Gasteiger charge is 2.18. The van der Waals surface area contributed by atoms with Crippen molar-refractivity contribution in [3.63, 3.8) is 0 Å². The Hall–Kier alpha value is -3.15. The smallest absolute Gasteiger partial charge is 0.227 e. The molecule has 1 N–H and O–H groups in total. The molecule has 0 saturated heterocycles. The number of nitrogens with zero attached hydrogens (tertiary/aromatic N) is 2. The topological polar surface area (TPSA) is 68.0 Å². The van der Waals surface area contributed by atoms with Gasteiger partial charge in [-0.05, 0) is 31.2 Å². The average Bonchev–Trinajstić information content (AvgIpc) is 3.03. The van der Waals surface area contributed by atoms with Crippen LogP contribution >= 0.6 is 0 Å². The molecule has 1 aromatic heterocycles. The molecule has 0 fully saturated rings. The number of phenolic OH excluding ortho intramolecular Hbond substituents is 1. The van der Waals surface area contributed by atoms with Gasteiger partial charge in [-0.3, -0.25) is 0 Å². The van der Waals surface area contributed by atoms with Crippen molar-refractivity contribution in [1.29, 1.82) is 0 Å². The second kappa shape index (κ2) is 7.00. The summed E-state index contributed by atoms with van der Waals surface area (Å²) >= 11 is 0. The Labute approximate surface area is 152 Å². The summed E-state index contributed by atoms with van der Waals surface area (Å²) in [7, 11) is 6.97. The zero-order valence-corrected chi connectivity index (χ0v) is 15.5. The fourth-order valence-corrected chi connectivity index (χ4v) is 2.72. The number of aryl methyl sites for hydroxylation is 1. The van der Waals surface area contributed by atoms with E-state index in [1.165, 1.54) is 14.2 Å². The van der Waals surface area contributed by atoms with E-state index in [0.29, 0.717) is 28.7 Å². The molecular formula is C20H22N2O4. The highest BCUT2D eigenvalue weighted by molar-refractivity contribution is 5.70. The zero-order chi connectivity index (χ0) is 18.8. The Kier molecular flexibility index (Phi) is 4.75. The van der Waals surface area contributed by atoms with Gasteiger partial charge in [0, 0.05) is 30.9 Å². The van der Waals surface area contributed by atoms with Gasteiger partial charge in [-0.1, -0.05) is 12.1 Å². The van der Waals surface area contributed by atoms with E-state index in [1.807, 2.05) is 50.2 Å². The summed E-state index contributed by atoms with van der Waals surface area (Å²) in [4.78, 5) is 6.67. The summed E-state index contributed by atoms with van der Waals surface area (Å²) in [5.74, 6) is 1.69. The van der Waals surface area contributed by atoms with Crippen molar-refractivity contribution in [2.75, 3.05) is 33.2 Å². The average molecular weight is 354 g/mol. The van der Waals surface area contributed by atoms with Gasteiger partial charge in [0.25, 0.3) is 0 Å². The molecule has 2 aromatic carbocycles. The Bertz CT molecular complexity index is 889. The van der Waals surface area contributed by atoms with Crippen LogP contribution in [0.15, 0.2) is 40.8 Å². The largest absolute Gasteiger partial charge is 0.502 e. The summed E-state index contributed by atoms with van der Waals surface area (Å²) in [6.07, 6.45) is 0. The summed E-state index contributed by atoms with van der Waals surface area (Å²) < 4.78 is 16.3. The molecule has 0 spiro atoms. The fraction of sp³-hybridized carbons (Fsp3) is 0.250. The molecule has 6 nitrogen and oxygen atoms in total. The second-order valence-electron chi connectivity index (χ2n) is 6.09. The third kappa shape index (κ3) is 3.18. The lowest BCUT2D eigenvalue weighted by molar-refractivity contribution is 0.340. The number of oxazole rings is 1. The first-order valence-electron chi connectivity index (χ1n) is 8.15. The minimum atomic E-state index is -0.0541. The number of methoxy groups -OCH3 is 2. The van der Waals surface area contributed by atoms with E-state index in [-0.39, 0.29) is 5.75 Å². The van der Waals surface area contributed by atoms with Gasteiger partial charge in [0.2, 0.25) is 11.6 Å². The van der Waals surface area contributed by atoms with Crippen LogP contribution in [-0.4, -0.2) is 38.4 Å². The normalized spacial score (nSPS) is 10.7. The van der Waals surface area contributed by atoms with Crippen molar-refractivity contribution in [2.24, 2.45) is 0 Å². The number of aromatic nitrogens is 1. The van der Waals surface area contributed by atoms with Gasteiger partial charge < -0.3 is 23.9 Å². The lowest BCUT2D eigenvalue weighted by atomic mass is 10.1. The van der Waals surface area contributed by atoms with Crippen molar-refractivity contribution in [3.05, 3.63) is 42.2 Å². The molecular weight excluding hydrogens is 332 g/mol. The van der Waals surface area contributed by atoms with Crippen LogP contribution in [0.3, 0.4) is 0 Å². The maximum Gasteiger partial charge on any atom is 0.227 e. The van der Waals surface area contributed by atoms with Crippen LogP contribution in [0.4, 0.5) is 5.69 Å². The predicted molar refractivity (Wildman–Crippen MR) is 101 cm³/mol. The lowest BCUT2D eigenvalue weighted by Crippen LogP contribution is -2.07. The number of hydrogen-bond donors (Lipinski definition) is 1. The van der Waals surface area contributed by atoms with E-state index in [9.17, 15) is 5.11 Å². The standard InChI is InChI=1S/C20H22N2O4/c1-12-18(13-6-8-15(9-7-13)22(2)3)21-20(26-12)14-10-16(24-4)19(23)17(11-14)25-5/h6-11,23H,1-5H3. The van der Waals surface area contributed by atoms with E-state index in [1.54, 1.807) is 12.1 Å². The molecule has 0 saturated carbocycles. The lowest BCUT2D eigenvalue weighted by Gasteiger charge is -2.12.